The molecule has 2 atom stereocenters. The summed E-state index contributed by atoms with van der Waals surface area (Å²) in [6.07, 6.45) is 4.18. The Bertz CT molecular complexity index is 1410. The van der Waals surface area contributed by atoms with Gasteiger partial charge in [-0.2, -0.15) is 0 Å². The van der Waals surface area contributed by atoms with Gasteiger partial charge in [-0.15, -0.1) is 0 Å². The van der Waals surface area contributed by atoms with E-state index in [9.17, 15) is 19.2 Å². The molecule has 0 bridgehead atoms. The van der Waals surface area contributed by atoms with E-state index in [0.29, 0.717) is 58.1 Å². The van der Waals surface area contributed by atoms with Crippen molar-refractivity contribution >= 4 is 29.5 Å². The van der Waals surface area contributed by atoms with Crippen LogP contribution in [0.3, 0.4) is 0 Å². The van der Waals surface area contributed by atoms with Crippen molar-refractivity contribution in [3.05, 3.63) is 59.2 Å². The van der Waals surface area contributed by atoms with Crippen LogP contribution in [-0.2, 0) is 30.3 Å². The van der Waals surface area contributed by atoms with Gasteiger partial charge in [0.2, 0.25) is 11.8 Å². The number of carbonyl (C=O) groups is 4. The van der Waals surface area contributed by atoms with Gasteiger partial charge >= 0.3 is 6.09 Å². The number of nitrogens with one attached hydrogen (secondary N) is 3. The van der Waals surface area contributed by atoms with E-state index in [1.54, 1.807) is 11.0 Å². The topological polar surface area (TPSA) is 145 Å². The Morgan fingerprint density at radius 2 is 1.71 bits per heavy atom. The highest BCUT2D eigenvalue weighted by molar-refractivity contribution is 6.05. The van der Waals surface area contributed by atoms with Gasteiger partial charge in [-0.1, -0.05) is 18.6 Å². The molecule has 0 radical (unpaired) electrons. The Hall–Kier alpha value is -4.16. The van der Waals surface area contributed by atoms with E-state index in [1.807, 2.05) is 64.1 Å². The van der Waals surface area contributed by atoms with Crippen LogP contribution in [0, 0.1) is 0 Å². The van der Waals surface area contributed by atoms with Crippen LogP contribution in [0.5, 0.6) is 5.75 Å². The zero-order valence-electron chi connectivity index (χ0n) is 28.6. The molecule has 2 aliphatic heterocycles. The van der Waals surface area contributed by atoms with E-state index >= 15 is 0 Å². The van der Waals surface area contributed by atoms with Crippen molar-refractivity contribution in [2.75, 3.05) is 44.9 Å². The van der Waals surface area contributed by atoms with Crippen molar-refractivity contribution in [2.45, 2.75) is 90.4 Å². The predicted octanol–water partition coefficient (Wildman–Crippen LogP) is 5.12. The number of amides is 4. The Morgan fingerprint density at radius 1 is 0.958 bits per heavy atom. The Balaban J connectivity index is 0.985. The molecule has 12 heteroatoms. The predicted molar refractivity (Wildman–Crippen MR) is 181 cm³/mol. The molecule has 2 aromatic carbocycles. The molecular formula is C36H50N4O8. The molecule has 3 N–H and O–H groups in total. The number of anilines is 1. The lowest BCUT2D eigenvalue weighted by Crippen LogP contribution is -2.52. The van der Waals surface area contributed by atoms with Gasteiger partial charge in [0, 0.05) is 37.4 Å². The number of piperidine rings is 1. The number of hydrogen-bond donors (Lipinski definition) is 3. The Morgan fingerprint density at radius 3 is 2.46 bits per heavy atom. The summed E-state index contributed by atoms with van der Waals surface area (Å²) in [6.45, 7) is 11.3. The van der Waals surface area contributed by atoms with Crippen LogP contribution >= 0.6 is 0 Å². The second kappa shape index (κ2) is 17.8. The minimum absolute atomic E-state index is 0.177. The number of nitrogens with zero attached hydrogens (tertiary/aromatic N) is 1. The molecule has 4 rings (SSSR count). The quantitative estimate of drug-likeness (QED) is 0.146. The monoisotopic (exact) mass is 666 g/mol. The molecule has 262 valence electrons. The van der Waals surface area contributed by atoms with Crippen molar-refractivity contribution in [2.24, 2.45) is 0 Å². The van der Waals surface area contributed by atoms with Gasteiger partial charge in [0.05, 0.1) is 32.5 Å². The summed E-state index contributed by atoms with van der Waals surface area (Å²) < 4.78 is 22.6. The highest BCUT2D eigenvalue weighted by atomic mass is 16.6. The Kier molecular flexibility index (Phi) is 13.6. The third-order valence-electron chi connectivity index (χ3n) is 8.01. The summed E-state index contributed by atoms with van der Waals surface area (Å²) in [5.41, 5.74) is 2.75. The average Bonchev–Trinajstić information content (AvgIpc) is 3.35. The summed E-state index contributed by atoms with van der Waals surface area (Å²) in [7, 11) is 0. The van der Waals surface area contributed by atoms with E-state index in [-0.39, 0.29) is 24.3 Å². The second-order valence-electron chi connectivity index (χ2n) is 13.1. The zero-order chi connectivity index (χ0) is 34.5. The molecular weight excluding hydrogens is 616 g/mol. The first kappa shape index (κ1) is 36.7. The molecule has 48 heavy (non-hydrogen) atoms. The molecule has 2 heterocycles. The molecule has 1 saturated heterocycles. The minimum Gasteiger partial charge on any atom is -0.494 e. The van der Waals surface area contributed by atoms with E-state index in [1.165, 1.54) is 0 Å². The molecule has 0 saturated carbocycles. The molecule has 0 aromatic heterocycles. The molecule has 2 aromatic rings. The van der Waals surface area contributed by atoms with Crippen molar-refractivity contribution in [3.8, 4) is 5.75 Å². The summed E-state index contributed by atoms with van der Waals surface area (Å²) in [6, 6.07) is 12.5. The SMILES string of the molecule is C[C@@H](NC(=O)OC(C)(C)C)c1cccc(OCCCCCCOCCOCCNc2ccc3c(c2)CN(C2CCC(=O)NC2=O)C3=O)c1. The lowest BCUT2D eigenvalue weighted by atomic mass is 10.0. The molecule has 0 aliphatic carbocycles. The van der Waals surface area contributed by atoms with Gasteiger partial charge in [0.25, 0.3) is 5.91 Å². The average molecular weight is 667 g/mol. The van der Waals surface area contributed by atoms with E-state index in [4.69, 9.17) is 18.9 Å². The summed E-state index contributed by atoms with van der Waals surface area (Å²) in [5.74, 6) is -0.0950. The minimum atomic E-state index is -0.614. The lowest BCUT2D eigenvalue weighted by molar-refractivity contribution is -0.136. The van der Waals surface area contributed by atoms with Gasteiger partial charge < -0.3 is 34.5 Å². The zero-order valence-corrected chi connectivity index (χ0v) is 28.6. The number of unbranched alkanes of at least 4 members (excludes halogenated alkanes) is 3. The second-order valence-corrected chi connectivity index (χ2v) is 13.1. The molecule has 1 unspecified atom stereocenters. The number of fused-ring (bicyclic) bond motifs is 1. The van der Waals surface area contributed by atoms with Gasteiger partial charge in [0.15, 0.2) is 0 Å². The van der Waals surface area contributed by atoms with Crippen LogP contribution in [0.1, 0.15) is 93.7 Å². The van der Waals surface area contributed by atoms with Crippen molar-refractivity contribution in [3.63, 3.8) is 0 Å². The third-order valence-corrected chi connectivity index (χ3v) is 8.01. The van der Waals surface area contributed by atoms with Crippen LogP contribution in [0.4, 0.5) is 10.5 Å². The first-order valence-electron chi connectivity index (χ1n) is 16.9. The van der Waals surface area contributed by atoms with Crippen LogP contribution in [0.25, 0.3) is 0 Å². The first-order valence-corrected chi connectivity index (χ1v) is 16.9. The smallest absolute Gasteiger partial charge is 0.408 e. The highest BCUT2D eigenvalue weighted by Gasteiger charge is 2.39. The number of carbonyl (C=O) groups excluding carboxylic acids is 4. The fraction of sp³-hybridized carbons (Fsp3) is 0.556. The van der Waals surface area contributed by atoms with E-state index < -0.39 is 23.6 Å². The first-order chi connectivity index (χ1) is 23.0. The van der Waals surface area contributed by atoms with Crippen LogP contribution in [-0.4, -0.2) is 79.9 Å². The van der Waals surface area contributed by atoms with Gasteiger partial charge in [-0.25, -0.2) is 4.79 Å². The van der Waals surface area contributed by atoms with Crippen LogP contribution < -0.4 is 20.7 Å². The number of rotatable bonds is 18. The van der Waals surface area contributed by atoms with E-state index in [2.05, 4.69) is 16.0 Å². The number of alkyl carbamates (subject to hydrolysis) is 1. The molecule has 4 amide bonds. The number of ether oxygens (including phenoxy) is 4. The fourth-order valence-electron chi connectivity index (χ4n) is 5.57. The largest absolute Gasteiger partial charge is 0.494 e. The van der Waals surface area contributed by atoms with Crippen LogP contribution in [0.2, 0.25) is 0 Å². The fourth-order valence-corrected chi connectivity index (χ4v) is 5.57. The number of benzene rings is 2. The van der Waals surface area contributed by atoms with E-state index in [0.717, 1.165) is 48.2 Å². The standard InChI is InChI=1S/C36H50N4O8/c1-25(38-35(44)48-36(2,3)4)26-10-9-11-29(23-26)47-18-8-6-5-7-17-45-20-21-46-19-16-37-28-12-13-30-27(22-28)24-40(34(30)43)31-14-15-32(41)39-33(31)42/h9-13,22-23,25,31,37H,5-8,14-21,24H2,1-4H3,(H,38,44)(H,39,41,42)/t25-,31?/m1/s1. The maximum Gasteiger partial charge on any atom is 0.408 e. The summed E-state index contributed by atoms with van der Waals surface area (Å²) >= 11 is 0. The van der Waals surface area contributed by atoms with Gasteiger partial charge in [-0.05, 0) is 94.8 Å². The highest BCUT2D eigenvalue weighted by Crippen LogP contribution is 2.29. The normalized spacial score (nSPS) is 16.7. The lowest BCUT2D eigenvalue weighted by Gasteiger charge is -2.29. The maximum atomic E-state index is 12.8. The molecule has 0 spiro atoms. The van der Waals surface area contributed by atoms with Gasteiger partial charge in [-0.3, -0.25) is 19.7 Å². The third kappa shape index (κ3) is 11.5. The van der Waals surface area contributed by atoms with Crippen molar-refractivity contribution in [1.82, 2.24) is 15.5 Å². The van der Waals surface area contributed by atoms with Crippen LogP contribution in [0.15, 0.2) is 42.5 Å². The molecule has 2 aliphatic rings. The number of hydrogen-bond acceptors (Lipinski definition) is 9. The van der Waals surface area contributed by atoms with Crippen molar-refractivity contribution in [1.29, 1.82) is 0 Å². The van der Waals surface area contributed by atoms with Gasteiger partial charge in [0.1, 0.15) is 17.4 Å². The molecule has 12 nitrogen and oxygen atoms in total. The summed E-state index contributed by atoms with van der Waals surface area (Å²) in [4.78, 5) is 50.1. The molecule has 1 fully saturated rings. The Labute approximate surface area is 283 Å². The number of imide groups is 1. The maximum absolute atomic E-state index is 12.8. The summed E-state index contributed by atoms with van der Waals surface area (Å²) in [5, 5.41) is 8.50. The van der Waals surface area contributed by atoms with Crippen molar-refractivity contribution < 1.29 is 38.1 Å².